The number of hydrogen-bond donors (Lipinski definition) is 2. The average molecular weight is 405 g/mol. The van der Waals surface area contributed by atoms with Crippen molar-refractivity contribution in [1.82, 2.24) is 10.2 Å². The van der Waals surface area contributed by atoms with E-state index in [0.717, 1.165) is 30.2 Å². The van der Waals surface area contributed by atoms with Crippen molar-refractivity contribution in [2.75, 3.05) is 28.6 Å². The molecule has 2 N–H and O–H groups in total. The van der Waals surface area contributed by atoms with E-state index in [-0.39, 0.29) is 5.82 Å². The van der Waals surface area contributed by atoms with Crippen LogP contribution in [0.5, 0.6) is 0 Å². The van der Waals surface area contributed by atoms with E-state index in [0.29, 0.717) is 16.9 Å². The van der Waals surface area contributed by atoms with Crippen LogP contribution in [0.15, 0.2) is 54.6 Å². The van der Waals surface area contributed by atoms with Gasteiger partial charge in [-0.3, -0.25) is 0 Å². The van der Waals surface area contributed by atoms with Crippen LogP contribution in [0.25, 0.3) is 11.3 Å². The summed E-state index contributed by atoms with van der Waals surface area (Å²) < 4.78 is 13.7. The fraction of sp³-hybridized carbons (Fsp3) is 0.261. The highest BCUT2D eigenvalue weighted by Gasteiger charge is 2.13. The van der Waals surface area contributed by atoms with Crippen molar-refractivity contribution in [3.05, 3.63) is 66.0 Å². The van der Waals surface area contributed by atoms with E-state index in [2.05, 4.69) is 25.7 Å². The average Bonchev–Trinajstić information content (AvgIpc) is 2.77. The van der Waals surface area contributed by atoms with Crippen LogP contribution in [0.4, 0.5) is 26.4 Å². The number of anilines is 3. The first kappa shape index (κ1) is 19.8. The summed E-state index contributed by atoms with van der Waals surface area (Å²) in [4.78, 5) is 14.5. The molecule has 7 heteroatoms. The smallest absolute Gasteiger partial charge is 0.323 e. The summed E-state index contributed by atoms with van der Waals surface area (Å²) in [6.07, 6.45) is 3.65. The van der Waals surface area contributed by atoms with Crippen molar-refractivity contribution in [1.29, 1.82) is 0 Å². The lowest BCUT2D eigenvalue weighted by molar-refractivity contribution is 0.262. The van der Waals surface area contributed by atoms with Crippen molar-refractivity contribution in [3.8, 4) is 11.3 Å². The molecule has 6 nitrogen and oxygen atoms in total. The van der Waals surface area contributed by atoms with Crippen LogP contribution >= 0.6 is 0 Å². The van der Waals surface area contributed by atoms with Gasteiger partial charge in [-0.1, -0.05) is 18.2 Å². The second-order valence-electron chi connectivity index (χ2n) is 7.45. The van der Waals surface area contributed by atoms with Gasteiger partial charge in [0.25, 0.3) is 0 Å². The molecule has 1 saturated heterocycles. The third kappa shape index (κ3) is 4.74. The van der Waals surface area contributed by atoms with Crippen molar-refractivity contribution < 1.29 is 9.18 Å². The Bertz CT molecular complexity index is 1030. The highest BCUT2D eigenvalue weighted by molar-refractivity contribution is 6.00. The van der Waals surface area contributed by atoms with Gasteiger partial charge in [0, 0.05) is 30.0 Å². The van der Waals surface area contributed by atoms with Gasteiger partial charge in [0.1, 0.15) is 5.82 Å². The Morgan fingerprint density at radius 2 is 1.70 bits per heavy atom. The minimum Gasteiger partial charge on any atom is -0.355 e. The van der Waals surface area contributed by atoms with Gasteiger partial charge < -0.3 is 15.5 Å². The number of piperidine rings is 1. The molecule has 2 aromatic carbocycles. The third-order valence-electron chi connectivity index (χ3n) is 5.18. The molecule has 4 rings (SSSR count). The van der Waals surface area contributed by atoms with E-state index in [1.54, 1.807) is 25.1 Å². The summed E-state index contributed by atoms with van der Waals surface area (Å²) in [5.41, 5.74) is 3.12. The summed E-state index contributed by atoms with van der Waals surface area (Å²) in [6, 6.07) is 15.5. The van der Waals surface area contributed by atoms with Crippen LogP contribution in [0.3, 0.4) is 0 Å². The number of hydrogen-bond acceptors (Lipinski definition) is 4. The molecule has 0 bridgehead atoms. The molecule has 2 amide bonds. The number of aromatic nitrogens is 2. The van der Waals surface area contributed by atoms with E-state index in [1.165, 1.54) is 25.3 Å². The minimum absolute atomic E-state index is 0.360. The molecule has 1 fully saturated rings. The van der Waals surface area contributed by atoms with Gasteiger partial charge in [0.2, 0.25) is 0 Å². The molecule has 0 atom stereocenters. The number of carbonyl (C=O) groups is 1. The first-order chi connectivity index (χ1) is 14.6. The Labute approximate surface area is 175 Å². The van der Waals surface area contributed by atoms with Crippen LogP contribution in [-0.4, -0.2) is 29.3 Å². The molecule has 1 aliphatic heterocycles. The number of amides is 2. The molecule has 154 valence electrons. The normalized spacial score (nSPS) is 13.7. The largest absolute Gasteiger partial charge is 0.355 e. The Hall–Kier alpha value is -3.48. The summed E-state index contributed by atoms with van der Waals surface area (Å²) >= 11 is 0. The molecule has 1 aliphatic rings. The van der Waals surface area contributed by atoms with Crippen LogP contribution in [0.2, 0.25) is 0 Å². The van der Waals surface area contributed by atoms with Crippen molar-refractivity contribution in [3.63, 3.8) is 0 Å². The van der Waals surface area contributed by atoms with Crippen LogP contribution in [-0.2, 0) is 0 Å². The standard InChI is InChI=1S/C23H24FN5O/c1-16-8-9-19(15-20(16)24)26-23(30)25-18-7-5-6-17(14-18)21-10-11-22(28-27-21)29-12-3-2-4-13-29/h5-11,14-15H,2-4,12-13H2,1H3,(H2,25,26,30). The van der Waals surface area contributed by atoms with Gasteiger partial charge in [-0.15, -0.1) is 10.2 Å². The van der Waals surface area contributed by atoms with Gasteiger partial charge >= 0.3 is 6.03 Å². The molecule has 0 spiro atoms. The van der Waals surface area contributed by atoms with E-state index >= 15 is 0 Å². The molecule has 0 aliphatic carbocycles. The molecule has 0 saturated carbocycles. The zero-order valence-corrected chi connectivity index (χ0v) is 16.9. The van der Waals surface area contributed by atoms with Gasteiger partial charge in [-0.2, -0.15) is 0 Å². The van der Waals surface area contributed by atoms with Crippen molar-refractivity contribution >= 4 is 23.2 Å². The van der Waals surface area contributed by atoms with Gasteiger partial charge in [0.15, 0.2) is 5.82 Å². The molecule has 0 unspecified atom stereocenters. The molecule has 30 heavy (non-hydrogen) atoms. The Morgan fingerprint density at radius 3 is 2.40 bits per heavy atom. The summed E-state index contributed by atoms with van der Waals surface area (Å²) in [7, 11) is 0. The van der Waals surface area contributed by atoms with Gasteiger partial charge in [-0.25, -0.2) is 9.18 Å². The molecular formula is C23H24FN5O. The Balaban J connectivity index is 1.43. The lowest BCUT2D eigenvalue weighted by Crippen LogP contribution is -2.30. The highest BCUT2D eigenvalue weighted by atomic mass is 19.1. The molecule has 0 radical (unpaired) electrons. The lowest BCUT2D eigenvalue weighted by Gasteiger charge is -2.27. The van der Waals surface area contributed by atoms with E-state index in [1.807, 2.05) is 30.3 Å². The minimum atomic E-state index is -0.443. The molecular weight excluding hydrogens is 381 g/mol. The van der Waals surface area contributed by atoms with E-state index < -0.39 is 6.03 Å². The number of nitrogens with one attached hydrogen (secondary N) is 2. The Kier molecular flexibility index (Phi) is 5.88. The zero-order chi connectivity index (χ0) is 20.9. The number of urea groups is 1. The molecule has 1 aromatic heterocycles. The predicted octanol–water partition coefficient (Wildman–Crippen LogP) is 5.23. The van der Waals surface area contributed by atoms with E-state index in [9.17, 15) is 9.18 Å². The fourth-order valence-electron chi connectivity index (χ4n) is 3.49. The summed E-state index contributed by atoms with van der Waals surface area (Å²) in [5.74, 6) is 0.541. The van der Waals surface area contributed by atoms with Gasteiger partial charge in [0.05, 0.1) is 5.69 Å². The number of rotatable bonds is 4. The number of nitrogens with zero attached hydrogens (tertiary/aromatic N) is 3. The molecule has 3 aromatic rings. The lowest BCUT2D eigenvalue weighted by atomic mass is 10.1. The van der Waals surface area contributed by atoms with Crippen LogP contribution in [0.1, 0.15) is 24.8 Å². The maximum Gasteiger partial charge on any atom is 0.323 e. The van der Waals surface area contributed by atoms with Crippen molar-refractivity contribution in [2.24, 2.45) is 0 Å². The van der Waals surface area contributed by atoms with Gasteiger partial charge in [-0.05, 0) is 68.1 Å². The summed E-state index contributed by atoms with van der Waals surface area (Å²) in [6.45, 7) is 3.72. The van der Waals surface area contributed by atoms with Crippen LogP contribution in [0, 0.1) is 12.7 Å². The fourth-order valence-corrected chi connectivity index (χ4v) is 3.49. The van der Waals surface area contributed by atoms with E-state index in [4.69, 9.17) is 0 Å². The number of carbonyl (C=O) groups excluding carboxylic acids is 1. The Morgan fingerprint density at radius 1 is 0.933 bits per heavy atom. The first-order valence-electron chi connectivity index (χ1n) is 10.1. The van der Waals surface area contributed by atoms with Crippen LogP contribution < -0.4 is 15.5 Å². The number of halogens is 1. The second kappa shape index (κ2) is 8.90. The topological polar surface area (TPSA) is 70.2 Å². The number of benzene rings is 2. The monoisotopic (exact) mass is 405 g/mol. The summed E-state index contributed by atoms with van der Waals surface area (Å²) in [5, 5.41) is 14.2. The molecule has 2 heterocycles. The quantitative estimate of drug-likeness (QED) is 0.624. The highest BCUT2D eigenvalue weighted by Crippen LogP contribution is 2.23. The number of aryl methyl sites for hydroxylation is 1. The third-order valence-corrected chi connectivity index (χ3v) is 5.18. The first-order valence-corrected chi connectivity index (χ1v) is 10.1. The van der Waals surface area contributed by atoms with Crippen molar-refractivity contribution in [2.45, 2.75) is 26.2 Å². The predicted molar refractivity (Wildman–Crippen MR) is 117 cm³/mol. The zero-order valence-electron chi connectivity index (χ0n) is 16.9. The maximum absolute atomic E-state index is 13.7. The maximum atomic E-state index is 13.7. The second-order valence-corrected chi connectivity index (χ2v) is 7.45. The SMILES string of the molecule is Cc1ccc(NC(=O)Nc2cccc(-c3ccc(N4CCCCC4)nn3)c2)cc1F.